The van der Waals surface area contributed by atoms with E-state index in [4.69, 9.17) is 16.7 Å². The van der Waals surface area contributed by atoms with Crippen molar-refractivity contribution in [2.45, 2.75) is 13.0 Å². The van der Waals surface area contributed by atoms with Gasteiger partial charge in [-0.1, -0.05) is 23.7 Å². The summed E-state index contributed by atoms with van der Waals surface area (Å²) in [6.07, 6.45) is 1.69. The van der Waals surface area contributed by atoms with E-state index in [1.165, 1.54) is 24.4 Å². The van der Waals surface area contributed by atoms with Crippen LogP contribution in [0.1, 0.15) is 22.3 Å². The molecule has 0 radical (unpaired) electrons. The molecule has 33 heavy (non-hydrogen) atoms. The van der Waals surface area contributed by atoms with Crippen molar-refractivity contribution >= 4 is 29.1 Å². The summed E-state index contributed by atoms with van der Waals surface area (Å²) in [7, 11) is 0. The number of nitrogens with zero attached hydrogens (tertiary/aromatic N) is 1. The quantitative estimate of drug-likeness (QED) is 0.303. The highest BCUT2D eigenvalue weighted by Crippen LogP contribution is 2.20. The van der Waals surface area contributed by atoms with Gasteiger partial charge in [0.05, 0.1) is 17.1 Å². The van der Waals surface area contributed by atoms with Gasteiger partial charge in [0.1, 0.15) is 23.2 Å². The molecule has 0 unspecified atom stereocenters. The van der Waals surface area contributed by atoms with Crippen molar-refractivity contribution in [1.82, 2.24) is 4.57 Å². The summed E-state index contributed by atoms with van der Waals surface area (Å²) in [6, 6.07) is 8.27. The van der Waals surface area contributed by atoms with Gasteiger partial charge in [-0.2, -0.15) is 0 Å². The number of aliphatic hydroxyl groups excluding tert-OH is 1. The molecule has 3 rings (SSSR count). The smallest absolute Gasteiger partial charge is 0.376 e. The SMILES string of the molecule is O=C(O)C(=O)/C=C(\O)c1cc(Cc2ccc(F)c(Cl)c2)cn(Cc2c(F)cccc2F)c1=O. The summed E-state index contributed by atoms with van der Waals surface area (Å²) in [5.74, 6) is -6.72. The molecule has 6 nitrogen and oxygen atoms in total. The second kappa shape index (κ2) is 9.74. The molecular formula is C23H15ClF3NO5. The van der Waals surface area contributed by atoms with Gasteiger partial charge in [-0.05, 0) is 47.9 Å². The summed E-state index contributed by atoms with van der Waals surface area (Å²) in [6.45, 7) is -0.553. The molecule has 0 saturated heterocycles. The predicted octanol–water partition coefficient (Wildman–Crippen LogP) is 4.11. The lowest BCUT2D eigenvalue weighted by Crippen LogP contribution is -2.25. The summed E-state index contributed by atoms with van der Waals surface area (Å²) in [5, 5.41) is 18.8. The van der Waals surface area contributed by atoms with Crippen LogP contribution in [0.4, 0.5) is 13.2 Å². The van der Waals surface area contributed by atoms with Crippen molar-refractivity contribution in [3.63, 3.8) is 0 Å². The van der Waals surface area contributed by atoms with E-state index in [9.17, 15) is 32.7 Å². The number of halogens is 4. The van der Waals surface area contributed by atoms with Crippen LogP contribution in [0.15, 0.2) is 59.5 Å². The van der Waals surface area contributed by atoms with Crippen LogP contribution in [0.5, 0.6) is 0 Å². The first kappa shape index (κ1) is 23.8. The van der Waals surface area contributed by atoms with E-state index in [1.807, 2.05) is 0 Å². The molecule has 0 aliphatic carbocycles. The average molecular weight is 478 g/mol. The van der Waals surface area contributed by atoms with Crippen molar-refractivity contribution in [3.8, 4) is 0 Å². The van der Waals surface area contributed by atoms with Crippen molar-refractivity contribution in [2.24, 2.45) is 0 Å². The first-order valence-electron chi connectivity index (χ1n) is 9.35. The zero-order valence-electron chi connectivity index (χ0n) is 16.7. The lowest BCUT2D eigenvalue weighted by molar-refractivity contribution is -0.146. The zero-order valence-corrected chi connectivity index (χ0v) is 17.4. The maximum Gasteiger partial charge on any atom is 0.376 e. The molecule has 10 heteroatoms. The summed E-state index contributed by atoms with van der Waals surface area (Å²) < 4.78 is 42.7. The second-order valence-electron chi connectivity index (χ2n) is 7.02. The highest BCUT2D eigenvalue weighted by atomic mass is 35.5. The van der Waals surface area contributed by atoms with E-state index in [1.54, 1.807) is 0 Å². The van der Waals surface area contributed by atoms with Crippen LogP contribution < -0.4 is 5.56 Å². The highest BCUT2D eigenvalue weighted by Gasteiger charge is 2.17. The number of pyridine rings is 1. The predicted molar refractivity (Wildman–Crippen MR) is 114 cm³/mol. The Morgan fingerprint density at radius 2 is 1.64 bits per heavy atom. The van der Waals surface area contributed by atoms with Gasteiger partial charge in [-0.25, -0.2) is 18.0 Å². The minimum absolute atomic E-state index is 0.0627. The fraction of sp³-hybridized carbons (Fsp3) is 0.0870. The molecule has 2 aromatic carbocycles. The van der Waals surface area contributed by atoms with Crippen molar-refractivity contribution in [3.05, 3.63) is 110 Å². The lowest BCUT2D eigenvalue weighted by Gasteiger charge is -2.13. The number of aliphatic hydroxyl groups is 1. The molecule has 0 amide bonds. The van der Waals surface area contributed by atoms with Crippen molar-refractivity contribution in [1.29, 1.82) is 0 Å². The average Bonchev–Trinajstić information content (AvgIpc) is 2.75. The van der Waals surface area contributed by atoms with E-state index in [2.05, 4.69) is 0 Å². The number of rotatable bonds is 7. The van der Waals surface area contributed by atoms with Gasteiger partial charge in [-0.3, -0.25) is 9.59 Å². The number of carbonyl (C=O) groups is 2. The van der Waals surface area contributed by atoms with Crippen LogP contribution in [0.3, 0.4) is 0 Å². The maximum atomic E-state index is 14.1. The molecule has 1 aromatic heterocycles. The number of hydrogen-bond acceptors (Lipinski definition) is 4. The Bertz CT molecular complexity index is 1330. The Hall–Kier alpha value is -3.85. The van der Waals surface area contributed by atoms with Gasteiger partial charge >= 0.3 is 5.97 Å². The molecule has 1 heterocycles. The first-order valence-corrected chi connectivity index (χ1v) is 9.73. The zero-order chi connectivity index (χ0) is 24.3. The molecule has 0 aliphatic heterocycles. The summed E-state index contributed by atoms with van der Waals surface area (Å²) in [4.78, 5) is 35.1. The number of benzene rings is 2. The molecule has 0 saturated carbocycles. The number of carboxylic acids is 1. The van der Waals surface area contributed by atoms with Gasteiger partial charge in [-0.15, -0.1) is 0 Å². The number of carbonyl (C=O) groups excluding carboxylic acids is 1. The second-order valence-corrected chi connectivity index (χ2v) is 7.43. The van der Waals surface area contributed by atoms with Crippen molar-refractivity contribution < 1.29 is 33.0 Å². The molecule has 0 bridgehead atoms. The highest BCUT2D eigenvalue weighted by molar-refractivity contribution is 6.38. The van der Waals surface area contributed by atoms with Gasteiger partial charge in [0, 0.05) is 17.8 Å². The number of hydrogen-bond donors (Lipinski definition) is 2. The van der Waals surface area contributed by atoms with E-state index >= 15 is 0 Å². The van der Waals surface area contributed by atoms with Crippen LogP contribution in [0, 0.1) is 17.5 Å². The third kappa shape index (κ3) is 5.50. The maximum absolute atomic E-state index is 14.1. The Balaban J connectivity index is 2.13. The molecule has 2 N–H and O–H groups in total. The third-order valence-corrected chi connectivity index (χ3v) is 4.97. The van der Waals surface area contributed by atoms with Crippen LogP contribution in [-0.4, -0.2) is 26.5 Å². The molecule has 0 fully saturated rings. The molecule has 0 spiro atoms. The lowest BCUT2D eigenvalue weighted by atomic mass is 10.0. The Kier molecular flexibility index (Phi) is 7.03. The van der Waals surface area contributed by atoms with E-state index in [-0.39, 0.29) is 11.4 Å². The number of ketones is 1. The molecular weight excluding hydrogens is 463 g/mol. The fourth-order valence-corrected chi connectivity index (χ4v) is 3.30. The summed E-state index contributed by atoms with van der Waals surface area (Å²) >= 11 is 5.79. The minimum atomic E-state index is -1.85. The Morgan fingerprint density at radius 3 is 2.24 bits per heavy atom. The van der Waals surface area contributed by atoms with Crippen LogP contribution in [-0.2, 0) is 22.6 Å². The number of aromatic nitrogens is 1. The molecule has 0 aliphatic rings. The Morgan fingerprint density at radius 1 is 0.970 bits per heavy atom. The van der Waals surface area contributed by atoms with E-state index in [0.717, 1.165) is 28.8 Å². The van der Waals surface area contributed by atoms with Gasteiger partial charge in [0.25, 0.3) is 11.3 Å². The first-order chi connectivity index (χ1) is 15.6. The van der Waals surface area contributed by atoms with Gasteiger partial charge in [0.2, 0.25) is 0 Å². The van der Waals surface area contributed by atoms with Crippen LogP contribution in [0.2, 0.25) is 5.02 Å². The molecule has 0 atom stereocenters. The van der Waals surface area contributed by atoms with Gasteiger partial charge < -0.3 is 14.8 Å². The fourth-order valence-electron chi connectivity index (χ4n) is 3.10. The Labute approximate surface area is 189 Å². The van der Waals surface area contributed by atoms with E-state index in [0.29, 0.717) is 17.2 Å². The normalized spacial score (nSPS) is 11.5. The molecule has 170 valence electrons. The monoisotopic (exact) mass is 477 g/mol. The third-order valence-electron chi connectivity index (χ3n) is 4.68. The largest absolute Gasteiger partial charge is 0.507 e. The summed E-state index contributed by atoms with van der Waals surface area (Å²) in [5.41, 5.74) is -0.971. The van der Waals surface area contributed by atoms with E-state index < -0.39 is 58.2 Å². The number of carboxylic acid groups (broad SMARTS) is 1. The standard InChI is InChI=1S/C23H15ClF3NO5/c24-16-8-12(4-5-19(16)27)6-13-7-14(20(29)9-21(30)23(32)33)22(31)28(10-13)11-15-17(25)2-1-3-18(15)26/h1-5,7-10,29H,6,11H2,(H,32,33)/b20-9-. The number of aliphatic carboxylic acids is 1. The molecule has 3 aromatic rings. The topological polar surface area (TPSA) is 96.6 Å². The van der Waals surface area contributed by atoms with Crippen LogP contribution in [0.25, 0.3) is 5.76 Å². The van der Waals surface area contributed by atoms with Gasteiger partial charge in [0.15, 0.2) is 0 Å². The van der Waals surface area contributed by atoms with Crippen molar-refractivity contribution in [2.75, 3.05) is 0 Å². The minimum Gasteiger partial charge on any atom is -0.507 e. The van der Waals surface area contributed by atoms with Crippen LogP contribution >= 0.6 is 11.6 Å².